The molecular formula is C15H12INO4. The number of halogens is 1. The Balaban J connectivity index is 2.22. The van der Waals surface area contributed by atoms with Crippen molar-refractivity contribution in [3.05, 3.63) is 69.8 Å². The number of nitro benzene ring substituents is 1. The van der Waals surface area contributed by atoms with Crippen molar-refractivity contribution in [1.82, 2.24) is 0 Å². The summed E-state index contributed by atoms with van der Waals surface area (Å²) in [6.07, 6.45) is 0. The van der Waals surface area contributed by atoms with Crippen LogP contribution in [0.1, 0.15) is 15.9 Å². The van der Waals surface area contributed by atoms with Crippen molar-refractivity contribution in [3.8, 4) is 5.75 Å². The maximum Gasteiger partial charge on any atom is 0.311 e. The molecule has 6 heteroatoms. The van der Waals surface area contributed by atoms with E-state index in [1.807, 2.05) is 52.9 Å². The summed E-state index contributed by atoms with van der Waals surface area (Å²) in [6.45, 7) is 0.237. The van der Waals surface area contributed by atoms with Crippen LogP contribution >= 0.6 is 22.6 Å². The fourth-order valence-corrected chi connectivity index (χ4v) is 2.21. The average Bonchev–Trinajstić information content (AvgIpc) is 2.52. The second-order valence-corrected chi connectivity index (χ2v) is 5.03. The molecule has 0 unspecified atom stereocenters. The van der Waals surface area contributed by atoms with E-state index in [1.165, 1.54) is 12.1 Å². The Morgan fingerprint density at radius 1 is 1.19 bits per heavy atom. The van der Waals surface area contributed by atoms with Crippen molar-refractivity contribution in [2.24, 2.45) is 0 Å². The third kappa shape index (κ3) is 4.01. The summed E-state index contributed by atoms with van der Waals surface area (Å²) in [5.74, 6) is 0.0159. The molecule has 0 heterocycles. The molecular weight excluding hydrogens is 385 g/mol. The number of benzene rings is 2. The third-order valence-corrected chi connectivity index (χ3v) is 3.53. The number of Topliss-reactive ketones (excluding diaryl/α,β-unsaturated/α-hetero) is 1. The molecule has 2 aromatic carbocycles. The number of alkyl halides is 1. The Labute approximate surface area is 135 Å². The van der Waals surface area contributed by atoms with Gasteiger partial charge in [-0.05, 0) is 17.7 Å². The Kier molecular flexibility index (Phi) is 5.26. The number of carbonyl (C=O) groups is 1. The van der Waals surface area contributed by atoms with Crippen LogP contribution in [0.25, 0.3) is 0 Å². The molecule has 0 saturated carbocycles. The van der Waals surface area contributed by atoms with Crippen LogP contribution in [0.2, 0.25) is 0 Å². The van der Waals surface area contributed by atoms with E-state index < -0.39 is 4.92 Å². The van der Waals surface area contributed by atoms with Gasteiger partial charge < -0.3 is 4.74 Å². The highest BCUT2D eigenvalue weighted by Crippen LogP contribution is 2.29. The van der Waals surface area contributed by atoms with Crippen LogP contribution in [-0.2, 0) is 6.61 Å². The second kappa shape index (κ2) is 7.16. The van der Waals surface area contributed by atoms with E-state index in [4.69, 9.17) is 4.74 Å². The molecule has 0 saturated heterocycles. The molecule has 2 aromatic rings. The lowest BCUT2D eigenvalue weighted by atomic mass is 10.1. The minimum Gasteiger partial charge on any atom is -0.482 e. The zero-order chi connectivity index (χ0) is 15.2. The minimum absolute atomic E-state index is 0.145. The highest BCUT2D eigenvalue weighted by molar-refractivity contribution is 14.1. The van der Waals surface area contributed by atoms with Crippen LogP contribution in [-0.4, -0.2) is 15.1 Å². The number of hydrogen-bond donors (Lipinski definition) is 0. The predicted octanol–water partition coefficient (Wildman–Crippen LogP) is 3.79. The number of nitro groups is 1. The van der Waals surface area contributed by atoms with Gasteiger partial charge in [-0.15, -0.1) is 0 Å². The van der Waals surface area contributed by atoms with E-state index in [0.29, 0.717) is 5.56 Å². The van der Waals surface area contributed by atoms with Crippen molar-refractivity contribution in [3.63, 3.8) is 0 Å². The molecule has 0 aliphatic rings. The van der Waals surface area contributed by atoms with E-state index in [0.717, 1.165) is 5.56 Å². The Morgan fingerprint density at radius 3 is 2.52 bits per heavy atom. The summed E-state index contributed by atoms with van der Waals surface area (Å²) in [6, 6.07) is 13.7. The number of carbonyl (C=O) groups excluding carboxylic acids is 1. The van der Waals surface area contributed by atoms with Gasteiger partial charge in [0.05, 0.1) is 9.35 Å². The van der Waals surface area contributed by atoms with Crippen LogP contribution in [0.4, 0.5) is 5.69 Å². The topological polar surface area (TPSA) is 69.4 Å². The van der Waals surface area contributed by atoms with Gasteiger partial charge in [-0.1, -0.05) is 52.9 Å². The monoisotopic (exact) mass is 397 g/mol. The highest BCUT2D eigenvalue weighted by Gasteiger charge is 2.18. The number of rotatable bonds is 6. The van der Waals surface area contributed by atoms with Gasteiger partial charge in [0.1, 0.15) is 6.61 Å². The molecule has 0 radical (unpaired) electrons. The summed E-state index contributed by atoms with van der Waals surface area (Å²) in [5, 5.41) is 11.1. The van der Waals surface area contributed by atoms with Gasteiger partial charge in [-0.25, -0.2) is 0 Å². The number of ketones is 1. The van der Waals surface area contributed by atoms with Gasteiger partial charge in [-0.3, -0.25) is 14.9 Å². The Hall–Kier alpha value is -1.96. The van der Waals surface area contributed by atoms with Gasteiger partial charge in [0.2, 0.25) is 0 Å². The molecule has 0 aromatic heterocycles. The van der Waals surface area contributed by atoms with E-state index in [-0.39, 0.29) is 28.3 Å². The maximum atomic E-state index is 11.6. The fourth-order valence-electron chi connectivity index (χ4n) is 1.77. The zero-order valence-electron chi connectivity index (χ0n) is 11.0. The van der Waals surface area contributed by atoms with Crippen LogP contribution in [0, 0.1) is 10.1 Å². The van der Waals surface area contributed by atoms with E-state index in [1.54, 1.807) is 6.07 Å². The van der Waals surface area contributed by atoms with E-state index in [2.05, 4.69) is 0 Å². The smallest absolute Gasteiger partial charge is 0.311 e. The summed E-state index contributed by atoms with van der Waals surface area (Å²) >= 11 is 1.93. The first-order valence-corrected chi connectivity index (χ1v) is 7.68. The van der Waals surface area contributed by atoms with E-state index >= 15 is 0 Å². The van der Waals surface area contributed by atoms with Crippen LogP contribution in [0.3, 0.4) is 0 Å². The predicted molar refractivity (Wildman–Crippen MR) is 87.1 cm³/mol. The second-order valence-electron chi connectivity index (χ2n) is 4.27. The van der Waals surface area contributed by atoms with Crippen molar-refractivity contribution >= 4 is 34.1 Å². The summed E-state index contributed by atoms with van der Waals surface area (Å²) < 4.78 is 5.77. The zero-order valence-corrected chi connectivity index (χ0v) is 13.1. The van der Waals surface area contributed by atoms with Gasteiger partial charge >= 0.3 is 5.69 Å². The number of hydrogen-bond acceptors (Lipinski definition) is 4. The standard InChI is InChI=1S/C15H12INO4/c16-9-14(18)12-6-7-15(13(8-12)17(19)20)21-10-11-4-2-1-3-5-11/h1-8H,9-10H2. The molecule has 0 aliphatic heterocycles. The molecule has 0 spiro atoms. The third-order valence-electron chi connectivity index (χ3n) is 2.84. The van der Waals surface area contributed by atoms with Crippen LogP contribution < -0.4 is 4.74 Å². The van der Waals surface area contributed by atoms with Crippen molar-refractivity contribution < 1.29 is 14.5 Å². The van der Waals surface area contributed by atoms with Gasteiger partial charge in [-0.2, -0.15) is 0 Å². The highest BCUT2D eigenvalue weighted by atomic mass is 127. The van der Waals surface area contributed by atoms with Gasteiger partial charge in [0.25, 0.3) is 0 Å². The molecule has 0 aliphatic carbocycles. The Bertz CT molecular complexity index is 658. The van der Waals surface area contributed by atoms with E-state index in [9.17, 15) is 14.9 Å². The molecule has 2 rings (SSSR count). The molecule has 0 atom stereocenters. The first kappa shape index (κ1) is 15.4. The largest absolute Gasteiger partial charge is 0.482 e. The lowest BCUT2D eigenvalue weighted by molar-refractivity contribution is -0.386. The molecule has 0 bridgehead atoms. The maximum absolute atomic E-state index is 11.6. The lowest BCUT2D eigenvalue weighted by Crippen LogP contribution is -2.03. The van der Waals surface area contributed by atoms with Crippen molar-refractivity contribution in [1.29, 1.82) is 0 Å². The molecule has 0 fully saturated rings. The first-order chi connectivity index (χ1) is 10.1. The quantitative estimate of drug-likeness (QED) is 0.245. The van der Waals surface area contributed by atoms with Gasteiger partial charge in [0.15, 0.2) is 11.5 Å². The lowest BCUT2D eigenvalue weighted by Gasteiger charge is -2.08. The van der Waals surface area contributed by atoms with Crippen LogP contribution in [0.15, 0.2) is 48.5 Å². The minimum atomic E-state index is -0.537. The Morgan fingerprint density at radius 2 is 1.90 bits per heavy atom. The summed E-state index contributed by atoms with van der Waals surface area (Å²) in [5.41, 5.74) is 1.05. The molecule has 108 valence electrons. The first-order valence-electron chi connectivity index (χ1n) is 6.16. The number of ether oxygens (including phenoxy) is 1. The van der Waals surface area contributed by atoms with Crippen molar-refractivity contribution in [2.45, 2.75) is 6.61 Å². The summed E-state index contributed by atoms with van der Waals surface area (Å²) in [7, 11) is 0. The average molecular weight is 397 g/mol. The molecule has 5 nitrogen and oxygen atoms in total. The van der Waals surface area contributed by atoms with Crippen molar-refractivity contribution in [2.75, 3.05) is 4.43 Å². The summed E-state index contributed by atoms with van der Waals surface area (Å²) in [4.78, 5) is 22.2. The SMILES string of the molecule is O=C(CI)c1ccc(OCc2ccccc2)c([N+](=O)[O-])c1. The molecule has 0 amide bonds. The fraction of sp³-hybridized carbons (Fsp3) is 0.133. The van der Waals surface area contributed by atoms with Crippen LogP contribution in [0.5, 0.6) is 5.75 Å². The molecule has 21 heavy (non-hydrogen) atoms. The normalized spacial score (nSPS) is 10.1. The number of nitrogens with zero attached hydrogens (tertiary/aromatic N) is 1. The molecule has 0 N–H and O–H groups in total. The van der Waals surface area contributed by atoms with Gasteiger partial charge in [0, 0.05) is 11.6 Å².